The molecule has 98 valence electrons. The second-order valence-corrected chi connectivity index (χ2v) is 3.13. The highest BCUT2D eigenvalue weighted by Gasteiger charge is 2.13. The van der Waals surface area contributed by atoms with Crippen molar-refractivity contribution >= 4 is 17.5 Å². The van der Waals surface area contributed by atoms with Crippen molar-refractivity contribution in [1.82, 2.24) is 0 Å². The van der Waals surface area contributed by atoms with Gasteiger partial charge in [0.25, 0.3) is 5.69 Å². The standard InChI is InChI=1S/C10H12N2O6/c1-17-9-3-2-7(12(15)16)6-8(9)11-10(14)18-5-4-13/h2-3,6,13H,4-5H2,1H3,(H,11,14). The van der Waals surface area contributed by atoms with E-state index in [0.717, 1.165) is 6.07 Å². The zero-order chi connectivity index (χ0) is 13.5. The molecule has 0 heterocycles. The number of nitrogens with one attached hydrogen (secondary N) is 1. The van der Waals surface area contributed by atoms with E-state index >= 15 is 0 Å². The number of nitro groups is 1. The van der Waals surface area contributed by atoms with Crippen LogP contribution in [0.15, 0.2) is 18.2 Å². The van der Waals surface area contributed by atoms with Crippen LogP contribution in [0.25, 0.3) is 0 Å². The Bertz CT molecular complexity index is 448. The molecule has 1 amide bonds. The van der Waals surface area contributed by atoms with Gasteiger partial charge in [0.1, 0.15) is 12.4 Å². The quantitative estimate of drug-likeness (QED) is 0.603. The van der Waals surface area contributed by atoms with E-state index in [9.17, 15) is 14.9 Å². The third-order valence-electron chi connectivity index (χ3n) is 1.96. The molecule has 2 N–H and O–H groups in total. The monoisotopic (exact) mass is 256 g/mol. The van der Waals surface area contributed by atoms with Gasteiger partial charge in [-0.25, -0.2) is 4.79 Å². The summed E-state index contributed by atoms with van der Waals surface area (Å²) < 4.78 is 9.51. The second-order valence-electron chi connectivity index (χ2n) is 3.13. The fourth-order valence-corrected chi connectivity index (χ4v) is 1.19. The topological polar surface area (TPSA) is 111 Å². The van der Waals surface area contributed by atoms with Gasteiger partial charge in [0.05, 0.1) is 24.3 Å². The van der Waals surface area contributed by atoms with Gasteiger partial charge in [-0.3, -0.25) is 15.4 Å². The van der Waals surface area contributed by atoms with Crippen molar-refractivity contribution in [2.45, 2.75) is 0 Å². The van der Waals surface area contributed by atoms with E-state index in [1.54, 1.807) is 0 Å². The third-order valence-corrected chi connectivity index (χ3v) is 1.96. The highest BCUT2D eigenvalue weighted by Crippen LogP contribution is 2.28. The highest BCUT2D eigenvalue weighted by molar-refractivity contribution is 5.87. The average Bonchev–Trinajstić information content (AvgIpc) is 2.36. The summed E-state index contributed by atoms with van der Waals surface area (Å²) in [4.78, 5) is 21.3. The Kier molecular flexibility index (Phi) is 4.88. The van der Waals surface area contributed by atoms with Crippen LogP contribution in [0.3, 0.4) is 0 Å². The maximum Gasteiger partial charge on any atom is 0.411 e. The minimum absolute atomic E-state index is 0.120. The first-order valence-electron chi connectivity index (χ1n) is 4.95. The van der Waals surface area contributed by atoms with Gasteiger partial charge in [-0.05, 0) is 6.07 Å². The van der Waals surface area contributed by atoms with E-state index in [2.05, 4.69) is 10.1 Å². The lowest BCUT2D eigenvalue weighted by Crippen LogP contribution is -2.16. The van der Waals surface area contributed by atoms with Gasteiger partial charge >= 0.3 is 6.09 Å². The van der Waals surface area contributed by atoms with Gasteiger partial charge < -0.3 is 14.6 Å². The molecule has 0 aliphatic carbocycles. The molecule has 0 aromatic heterocycles. The fourth-order valence-electron chi connectivity index (χ4n) is 1.19. The smallest absolute Gasteiger partial charge is 0.411 e. The first-order valence-corrected chi connectivity index (χ1v) is 4.95. The number of nitro benzene ring substituents is 1. The molecule has 0 unspecified atom stereocenters. The molecule has 0 spiro atoms. The Morgan fingerprint density at radius 2 is 2.28 bits per heavy atom. The maximum atomic E-state index is 11.3. The van der Waals surface area contributed by atoms with E-state index in [0.29, 0.717) is 0 Å². The molecule has 0 saturated heterocycles. The number of methoxy groups -OCH3 is 1. The Hall–Kier alpha value is -2.35. The molecule has 0 bridgehead atoms. The molecular formula is C10H12N2O6. The predicted molar refractivity (Wildman–Crippen MR) is 61.7 cm³/mol. The summed E-state index contributed by atoms with van der Waals surface area (Å²) in [6.45, 7) is -0.470. The minimum atomic E-state index is -0.831. The van der Waals surface area contributed by atoms with Crippen LogP contribution in [0.1, 0.15) is 0 Å². The van der Waals surface area contributed by atoms with Gasteiger partial charge in [-0.1, -0.05) is 0 Å². The molecule has 8 heteroatoms. The number of benzene rings is 1. The number of carbonyl (C=O) groups is 1. The lowest BCUT2D eigenvalue weighted by atomic mass is 10.2. The van der Waals surface area contributed by atoms with Crippen LogP contribution < -0.4 is 10.1 Å². The Morgan fingerprint density at radius 1 is 1.56 bits per heavy atom. The van der Waals surface area contributed by atoms with Crippen molar-refractivity contribution in [3.63, 3.8) is 0 Å². The molecule has 0 saturated carbocycles. The van der Waals surface area contributed by atoms with E-state index in [1.165, 1.54) is 19.2 Å². The summed E-state index contributed by atoms with van der Waals surface area (Å²) >= 11 is 0. The van der Waals surface area contributed by atoms with E-state index < -0.39 is 11.0 Å². The molecule has 8 nitrogen and oxygen atoms in total. The summed E-state index contributed by atoms with van der Waals surface area (Å²) in [6, 6.07) is 3.77. The fraction of sp³-hybridized carbons (Fsp3) is 0.300. The Morgan fingerprint density at radius 3 is 2.83 bits per heavy atom. The first-order chi connectivity index (χ1) is 8.58. The molecular weight excluding hydrogens is 244 g/mol. The van der Waals surface area contributed by atoms with Crippen LogP contribution >= 0.6 is 0 Å². The number of ether oxygens (including phenoxy) is 2. The Labute approximate surface area is 102 Å². The van der Waals surface area contributed by atoms with Gasteiger partial charge in [-0.2, -0.15) is 0 Å². The number of anilines is 1. The number of hydrogen-bond donors (Lipinski definition) is 2. The van der Waals surface area contributed by atoms with Gasteiger partial charge in [0.2, 0.25) is 0 Å². The van der Waals surface area contributed by atoms with Crippen LogP contribution in [0.5, 0.6) is 5.75 Å². The second kappa shape index (κ2) is 6.40. The SMILES string of the molecule is COc1ccc([N+](=O)[O-])cc1NC(=O)OCCO. The number of aliphatic hydroxyl groups excluding tert-OH is 1. The number of aliphatic hydroxyl groups is 1. The first kappa shape index (κ1) is 13.7. The summed E-state index contributed by atoms with van der Waals surface area (Å²) in [5.41, 5.74) is -0.0668. The molecule has 0 aliphatic rings. The lowest BCUT2D eigenvalue weighted by Gasteiger charge is -2.09. The van der Waals surface area contributed by atoms with Crippen molar-refractivity contribution in [2.75, 3.05) is 25.6 Å². The molecule has 0 radical (unpaired) electrons. The van der Waals surface area contributed by atoms with Crippen molar-refractivity contribution in [3.05, 3.63) is 28.3 Å². The third kappa shape index (κ3) is 3.59. The lowest BCUT2D eigenvalue weighted by molar-refractivity contribution is -0.384. The summed E-state index contributed by atoms with van der Waals surface area (Å²) in [6.07, 6.45) is -0.831. The molecule has 0 atom stereocenters. The molecule has 1 aromatic rings. The van der Waals surface area contributed by atoms with Crippen LogP contribution in [-0.4, -0.2) is 36.4 Å². The molecule has 1 rings (SSSR count). The number of nitrogens with zero attached hydrogens (tertiary/aromatic N) is 1. The van der Waals surface area contributed by atoms with Crippen molar-refractivity contribution in [2.24, 2.45) is 0 Å². The predicted octanol–water partition coefficient (Wildman–Crippen LogP) is 1.14. The molecule has 0 aliphatic heterocycles. The number of hydrogen-bond acceptors (Lipinski definition) is 6. The maximum absolute atomic E-state index is 11.3. The number of amides is 1. The van der Waals surface area contributed by atoms with E-state index in [4.69, 9.17) is 9.84 Å². The van der Waals surface area contributed by atoms with E-state index in [-0.39, 0.29) is 30.3 Å². The molecule has 0 fully saturated rings. The number of rotatable bonds is 5. The zero-order valence-corrected chi connectivity index (χ0v) is 9.58. The van der Waals surface area contributed by atoms with Gasteiger partial charge in [0, 0.05) is 12.1 Å². The highest BCUT2D eigenvalue weighted by atomic mass is 16.6. The summed E-state index contributed by atoms with van der Waals surface area (Å²) in [5, 5.41) is 21.4. The molecule has 1 aromatic carbocycles. The van der Waals surface area contributed by atoms with Crippen LogP contribution in [0.4, 0.5) is 16.2 Å². The zero-order valence-electron chi connectivity index (χ0n) is 9.58. The largest absolute Gasteiger partial charge is 0.495 e. The van der Waals surface area contributed by atoms with Gasteiger partial charge in [-0.15, -0.1) is 0 Å². The minimum Gasteiger partial charge on any atom is -0.495 e. The van der Waals surface area contributed by atoms with Crippen molar-refractivity contribution in [1.29, 1.82) is 0 Å². The van der Waals surface area contributed by atoms with Crippen molar-refractivity contribution < 1.29 is 24.3 Å². The summed E-state index contributed by atoms with van der Waals surface area (Å²) in [7, 11) is 1.37. The average molecular weight is 256 g/mol. The van der Waals surface area contributed by atoms with Gasteiger partial charge in [0.15, 0.2) is 0 Å². The van der Waals surface area contributed by atoms with Crippen LogP contribution in [0.2, 0.25) is 0 Å². The van der Waals surface area contributed by atoms with E-state index in [1.807, 2.05) is 0 Å². The number of non-ortho nitro benzene ring substituents is 1. The van der Waals surface area contributed by atoms with Crippen molar-refractivity contribution in [3.8, 4) is 5.75 Å². The molecule has 18 heavy (non-hydrogen) atoms. The Balaban J connectivity index is 2.87. The van der Waals surface area contributed by atoms with Crippen LogP contribution in [-0.2, 0) is 4.74 Å². The summed E-state index contributed by atoms with van der Waals surface area (Å²) in [5.74, 6) is 0.265. The number of carbonyl (C=O) groups excluding carboxylic acids is 1. The van der Waals surface area contributed by atoms with Crippen LogP contribution in [0, 0.1) is 10.1 Å². The normalized spacial score (nSPS) is 9.67.